The van der Waals surface area contributed by atoms with Crippen LogP contribution < -0.4 is 5.32 Å². The van der Waals surface area contributed by atoms with Crippen LogP contribution in [0.2, 0.25) is 5.02 Å². The van der Waals surface area contributed by atoms with Gasteiger partial charge in [-0.05, 0) is 17.7 Å². The van der Waals surface area contributed by atoms with Crippen LogP contribution in [0, 0.1) is 0 Å². The van der Waals surface area contributed by atoms with Gasteiger partial charge in [0.1, 0.15) is 0 Å². The Kier molecular flexibility index (Phi) is 3.99. The molecule has 1 atom stereocenters. The first-order valence-corrected chi connectivity index (χ1v) is 6.02. The predicted octanol–water partition coefficient (Wildman–Crippen LogP) is 2.47. The standard InChI is InChI=1S/C13H17ClN2/c1-2-13(16-9-7-15-8-10-16)11-3-5-12(14)6-4-11/h2-6,13,15H,1,7-10H2/t13-/m1/s1. The topological polar surface area (TPSA) is 15.3 Å². The van der Waals surface area contributed by atoms with Crippen LogP contribution in [0.3, 0.4) is 0 Å². The molecule has 1 aliphatic heterocycles. The zero-order chi connectivity index (χ0) is 11.4. The summed E-state index contributed by atoms with van der Waals surface area (Å²) >= 11 is 5.90. The second kappa shape index (κ2) is 5.48. The molecular formula is C13H17ClN2. The zero-order valence-electron chi connectivity index (χ0n) is 9.32. The summed E-state index contributed by atoms with van der Waals surface area (Å²) in [5.74, 6) is 0. The molecule has 1 fully saturated rings. The smallest absolute Gasteiger partial charge is 0.0529 e. The minimum atomic E-state index is 0.305. The van der Waals surface area contributed by atoms with Gasteiger partial charge in [0.2, 0.25) is 0 Å². The summed E-state index contributed by atoms with van der Waals surface area (Å²) in [7, 11) is 0. The molecule has 3 heteroatoms. The number of nitrogens with zero attached hydrogens (tertiary/aromatic N) is 1. The van der Waals surface area contributed by atoms with Gasteiger partial charge < -0.3 is 5.32 Å². The molecule has 0 amide bonds. The average Bonchev–Trinajstić information content (AvgIpc) is 2.34. The molecule has 0 aliphatic carbocycles. The number of piperazine rings is 1. The zero-order valence-corrected chi connectivity index (χ0v) is 10.1. The third kappa shape index (κ3) is 2.64. The van der Waals surface area contributed by atoms with E-state index in [1.165, 1.54) is 5.56 Å². The van der Waals surface area contributed by atoms with Crippen LogP contribution in [0.1, 0.15) is 11.6 Å². The van der Waals surface area contributed by atoms with Gasteiger partial charge in [-0.1, -0.05) is 29.8 Å². The average molecular weight is 237 g/mol. The lowest BCUT2D eigenvalue weighted by Crippen LogP contribution is -2.44. The van der Waals surface area contributed by atoms with E-state index < -0.39 is 0 Å². The highest BCUT2D eigenvalue weighted by Gasteiger charge is 2.18. The summed E-state index contributed by atoms with van der Waals surface area (Å²) in [5, 5.41) is 4.14. The molecular weight excluding hydrogens is 220 g/mol. The van der Waals surface area contributed by atoms with Gasteiger partial charge in [-0.2, -0.15) is 0 Å². The van der Waals surface area contributed by atoms with E-state index in [2.05, 4.69) is 28.9 Å². The van der Waals surface area contributed by atoms with Gasteiger partial charge in [0.25, 0.3) is 0 Å². The first kappa shape index (κ1) is 11.6. The minimum Gasteiger partial charge on any atom is -0.314 e. The number of hydrogen-bond donors (Lipinski definition) is 1. The minimum absolute atomic E-state index is 0.305. The Labute approximate surface area is 102 Å². The van der Waals surface area contributed by atoms with E-state index in [0.717, 1.165) is 31.2 Å². The number of nitrogens with one attached hydrogen (secondary N) is 1. The third-order valence-corrected chi connectivity index (χ3v) is 3.23. The lowest BCUT2D eigenvalue weighted by molar-refractivity contribution is 0.203. The number of rotatable bonds is 3. The fourth-order valence-electron chi connectivity index (χ4n) is 2.12. The summed E-state index contributed by atoms with van der Waals surface area (Å²) in [5.41, 5.74) is 1.27. The van der Waals surface area contributed by atoms with Gasteiger partial charge in [-0.3, -0.25) is 4.90 Å². The lowest BCUT2D eigenvalue weighted by Gasteiger charge is -2.33. The Hall–Kier alpha value is -0.830. The molecule has 0 spiro atoms. The Morgan fingerprint density at radius 2 is 1.88 bits per heavy atom. The molecule has 2 rings (SSSR count). The molecule has 0 radical (unpaired) electrons. The second-order valence-electron chi connectivity index (χ2n) is 4.02. The van der Waals surface area contributed by atoms with Gasteiger partial charge in [-0.15, -0.1) is 6.58 Å². The molecule has 1 heterocycles. The van der Waals surface area contributed by atoms with E-state index in [4.69, 9.17) is 11.6 Å². The van der Waals surface area contributed by atoms with Crippen LogP contribution in [-0.4, -0.2) is 31.1 Å². The molecule has 0 unspecified atom stereocenters. The predicted molar refractivity (Wildman–Crippen MR) is 68.8 cm³/mol. The molecule has 1 aliphatic rings. The second-order valence-corrected chi connectivity index (χ2v) is 4.45. The Morgan fingerprint density at radius 3 is 2.44 bits per heavy atom. The van der Waals surface area contributed by atoms with Crippen molar-refractivity contribution in [1.82, 2.24) is 10.2 Å². The summed E-state index contributed by atoms with van der Waals surface area (Å²) in [4.78, 5) is 2.44. The van der Waals surface area contributed by atoms with E-state index >= 15 is 0 Å². The molecule has 0 saturated carbocycles. The van der Waals surface area contributed by atoms with Crippen molar-refractivity contribution in [1.29, 1.82) is 0 Å². The summed E-state index contributed by atoms with van der Waals surface area (Å²) < 4.78 is 0. The number of halogens is 1. The molecule has 1 aromatic carbocycles. The molecule has 1 N–H and O–H groups in total. The van der Waals surface area contributed by atoms with Gasteiger partial charge in [-0.25, -0.2) is 0 Å². The third-order valence-electron chi connectivity index (χ3n) is 2.98. The molecule has 86 valence electrons. The number of hydrogen-bond acceptors (Lipinski definition) is 2. The van der Waals surface area contributed by atoms with Crippen LogP contribution in [0.4, 0.5) is 0 Å². The van der Waals surface area contributed by atoms with Crippen molar-refractivity contribution in [3.05, 3.63) is 47.5 Å². The normalized spacial score (nSPS) is 19.3. The Bertz CT molecular complexity index is 341. The highest BCUT2D eigenvalue weighted by atomic mass is 35.5. The fourth-order valence-corrected chi connectivity index (χ4v) is 2.24. The van der Waals surface area contributed by atoms with E-state index in [1.54, 1.807) is 0 Å². The molecule has 0 aromatic heterocycles. The van der Waals surface area contributed by atoms with E-state index in [-0.39, 0.29) is 0 Å². The van der Waals surface area contributed by atoms with Crippen LogP contribution in [0.15, 0.2) is 36.9 Å². The molecule has 16 heavy (non-hydrogen) atoms. The van der Waals surface area contributed by atoms with E-state index in [9.17, 15) is 0 Å². The first-order valence-electron chi connectivity index (χ1n) is 5.64. The number of benzene rings is 1. The quantitative estimate of drug-likeness (QED) is 0.812. The highest BCUT2D eigenvalue weighted by molar-refractivity contribution is 6.30. The monoisotopic (exact) mass is 236 g/mol. The van der Waals surface area contributed by atoms with E-state index in [0.29, 0.717) is 6.04 Å². The van der Waals surface area contributed by atoms with Crippen molar-refractivity contribution in [3.63, 3.8) is 0 Å². The SMILES string of the molecule is C=C[C@H](c1ccc(Cl)cc1)N1CCNCC1. The Balaban J connectivity index is 2.14. The molecule has 2 nitrogen and oxygen atoms in total. The maximum Gasteiger partial charge on any atom is 0.0529 e. The van der Waals surface area contributed by atoms with Gasteiger partial charge >= 0.3 is 0 Å². The molecule has 0 bridgehead atoms. The van der Waals surface area contributed by atoms with Crippen molar-refractivity contribution in [2.24, 2.45) is 0 Å². The highest BCUT2D eigenvalue weighted by Crippen LogP contribution is 2.23. The first-order chi connectivity index (χ1) is 7.81. The molecule has 1 saturated heterocycles. The van der Waals surface area contributed by atoms with E-state index in [1.807, 2.05) is 18.2 Å². The largest absolute Gasteiger partial charge is 0.314 e. The van der Waals surface area contributed by atoms with Gasteiger partial charge in [0.05, 0.1) is 6.04 Å². The fraction of sp³-hybridized carbons (Fsp3) is 0.385. The van der Waals surface area contributed by atoms with Crippen molar-refractivity contribution in [2.75, 3.05) is 26.2 Å². The van der Waals surface area contributed by atoms with Crippen molar-refractivity contribution >= 4 is 11.6 Å². The maximum absolute atomic E-state index is 5.90. The Morgan fingerprint density at radius 1 is 1.25 bits per heavy atom. The van der Waals surface area contributed by atoms with Crippen LogP contribution in [-0.2, 0) is 0 Å². The summed E-state index contributed by atoms with van der Waals surface area (Å²) in [6.07, 6.45) is 2.01. The van der Waals surface area contributed by atoms with Crippen LogP contribution in [0.25, 0.3) is 0 Å². The van der Waals surface area contributed by atoms with Crippen molar-refractivity contribution in [2.45, 2.75) is 6.04 Å². The van der Waals surface area contributed by atoms with Crippen LogP contribution >= 0.6 is 11.6 Å². The van der Waals surface area contributed by atoms with Crippen LogP contribution in [0.5, 0.6) is 0 Å². The molecule has 1 aromatic rings. The van der Waals surface area contributed by atoms with Gasteiger partial charge in [0, 0.05) is 31.2 Å². The summed E-state index contributed by atoms with van der Waals surface area (Å²) in [6, 6.07) is 8.35. The lowest BCUT2D eigenvalue weighted by atomic mass is 10.0. The maximum atomic E-state index is 5.90. The van der Waals surface area contributed by atoms with Crippen molar-refractivity contribution in [3.8, 4) is 0 Å². The van der Waals surface area contributed by atoms with Crippen molar-refractivity contribution < 1.29 is 0 Å². The summed E-state index contributed by atoms with van der Waals surface area (Å²) in [6.45, 7) is 8.18. The van der Waals surface area contributed by atoms with Gasteiger partial charge in [0.15, 0.2) is 0 Å².